The second-order valence-corrected chi connectivity index (χ2v) is 24.4. The third-order valence-corrected chi connectivity index (χ3v) is 18.7. The number of Topliss-reactive ketones (excluding diaryl/α,β-unsaturated/α-hetero) is 1. The number of carbonyl (C=O) groups excluding carboxylic acids is 1. The molecular formula is C22H30Cl2O2Si3Ti. The minimum absolute atomic E-state index is 0. The van der Waals surface area contributed by atoms with Crippen molar-refractivity contribution in [3.63, 3.8) is 0 Å². The van der Waals surface area contributed by atoms with Crippen LogP contribution in [0.15, 0.2) is 44.1 Å². The maximum absolute atomic E-state index is 13.0. The van der Waals surface area contributed by atoms with Crippen LogP contribution in [0, 0.1) is 0 Å². The van der Waals surface area contributed by atoms with Gasteiger partial charge in [0.25, 0.3) is 0 Å². The molecule has 2 aliphatic carbocycles. The summed E-state index contributed by atoms with van der Waals surface area (Å²) in [6.45, 7) is 15.1. The molecule has 4 rings (SSSR count). The molecule has 3 aliphatic rings. The van der Waals surface area contributed by atoms with Gasteiger partial charge in [0.1, 0.15) is 0 Å². The molecule has 0 aromatic heterocycles. The second kappa shape index (κ2) is 9.48. The first kappa shape index (κ1) is 26.3. The van der Waals surface area contributed by atoms with Crippen molar-refractivity contribution < 1.29 is 53.2 Å². The summed E-state index contributed by atoms with van der Waals surface area (Å²) in [6.07, 6.45) is 0. The summed E-state index contributed by atoms with van der Waals surface area (Å²) >= 11 is -0.197. The number of hydrogen-bond acceptors (Lipinski definition) is 2. The molecule has 0 atom stereocenters. The number of rotatable bonds is 7. The second-order valence-electron chi connectivity index (χ2n) is 9.99. The normalized spacial score (nSPS) is 17.9. The van der Waals surface area contributed by atoms with Gasteiger partial charge in [0.15, 0.2) is 0 Å². The third-order valence-electron chi connectivity index (χ3n) is 5.93. The Hall–Kier alpha value is 0.0149. The molecule has 30 heavy (non-hydrogen) atoms. The summed E-state index contributed by atoms with van der Waals surface area (Å²) in [7, 11) is -3.04. The molecular weight excluding hydrogens is 499 g/mol. The van der Waals surface area contributed by atoms with Crippen LogP contribution >= 0.6 is 0 Å². The van der Waals surface area contributed by atoms with E-state index in [9.17, 15) is 4.79 Å². The topological polar surface area (TPSA) is 26.3 Å². The molecule has 1 heterocycles. The van der Waals surface area contributed by atoms with E-state index < -0.39 is 16.4 Å². The number of fused-ring (bicyclic) bond motifs is 2. The van der Waals surface area contributed by atoms with E-state index in [-0.39, 0.29) is 53.5 Å². The number of hydrogen-bond donors (Lipinski definition) is 0. The van der Waals surface area contributed by atoms with Crippen molar-refractivity contribution >= 4 is 42.8 Å². The van der Waals surface area contributed by atoms with Gasteiger partial charge in [0.05, 0.1) is 0 Å². The monoisotopic (exact) mass is 528 g/mol. The number of halogens is 2. The van der Waals surface area contributed by atoms with Gasteiger partial charge in [-0.05, 0) is 0 Å². The van der Waals surface area contributed by atoms with Gasteiger partial charge >= 0.3 is 182 Å². The molecule has 0 radical (unpaired) electrons. The van der Waals surface area contributed by atoms with E-state index in [4.69, 9.17) is 4.43 Å². The van der Waals surface area contributed by atoms with Crippen molar-refractivity contribution in [2.24, 2.45) is 0 Å². The molecule has 0 saturated heterocycles. The molecule has 160 valence electrons. The minimum atomic E-state index is -1.41. The largest absolute Gasteiger partial charge is 1.00 e. The first-order chi connectivity index (χ1) is 13.1. The van der Waals surface area contributed by atoms with Crippen molar-refractivity contribution in [1.29, 1.82) is 0 Å². The van der Waals surface area contributed by atoms with E-state index in [1.54, 1.807) is 9.07 Å². The molecule has 1 aliphatic heterocycles. The minimum Gasteiger partial charge on any atom is -1.00 e. The Kier molecular flexibility index (Phi) is 8.30. The van der Waals surface area contributed by atoms with Crippen LogP contribution in [0.2, 0.25) is 43.1 Å². The molecule has 0 saturated carbocycles. The predicted molar refractivity (Wildman–Crippen MR) is 122 cm³/mol. The fourth-order valence-electron chi connectivity index (χ4n) is 4.17. The molecule has 1 aromatic carbocycles. The van der Waals surface area contributed by atoms with Gasteiger partial charge in [-0.15, -0.1) is 0 Å². The van der Waals surface area contributed by atoms with E-state index in [1.807, 2.05) is 0 Å². The third kappa shape index (κ3) is 5.15. The number of benzene rings is 1. The van der Waals surface area contributed by atoms with Gasteiger partial charge in [-0.1, -0.05) is 0 Å². The van der Waals surface area contributed by atoms with Gasteiger partial charge in [0, 0.05) is 0 Å². The Labute approximate surface area is 206 Å². The molecule has 1 aromatic rings. The number of carbonyl (C=O) groups is 1. The van der Waals surface area contributed by atoms with E-state index in [1.165, 1.54) is 37.2 Å². The van der Waals surface area contributed by atoms with Gasteiger partial charge in [0.2, 0.25) is 0 Å². The van der Waals surface area contributed by atoms with Crippen molar-refractivity contribution in [2.75, 3.05) is 6.61 Å². The summed E-state index contributed by atoms with van der Waals surface area (Å²) < 4.78 is 9.23. The Bertz CT molecular complexity index is 1070. The first-order valence-electron chi connectivity index (χ1n) is 10.3. The quantitative estimate of drug-likeness (QED) is 0.350. The summed E-state index contributed by atoms with van der Waals surface area (Å²) in [6, 6.07) is 9.79. The SMILES string of the molecule is CC1=c2ccccc2=C2C(=O)C3=C([SiH2]3)[C]([Ti+2][CH2][Si](C)(C)CCO[Si](C)(C)C)=C12.[Cl-].[Cl-]. The Morgan fingerprint density at radius 3 is 2.23 bits per heavy atom. The zero-order chi connectivity index (χ0) is 20.3. The summed E-state index contributed by atoms with van der Waals surface area (Å²) in [4.78, 5) is 13.0. The van der Waals surface area contributed by atoms with Gasteiger partial charge < -0.3 is 24.8 Å². The molecule has 0 spiro atoms. The van der Waals surface area contributed by atoms with E-state index >= 15 is 0 Å². The fraction of sp³-hybridized carbons (Fsp3) is 0.409. The first-order valence-corrected chi connectivity index (χ1v) is 20.4. The number of ketones is 1. The Morgan fingerprint density at radius 2 is 1.60 bits per heavy atom. The van der Waals surface area contributed by atoms with Crippen LogP contribution in [0.5, 0.6) is 0 Å². The summed E-state index contributed by atoms with van der Waals surface area (Å²) in [5.74, 6) is 0.372. The Morgan fingerprint density at radius 1 is 0.967 bits per heavy atom. The van der Waals surface area contributed by atoms with Crippen LogP contribution in [0.4, 0.5) is 0 Å². The van der Waals surface area contributed by atoms with Crippen LogP contribution in [0.25, 0.3) is 11.1 Å². The zero-order valence-electron chi connectivity index (χ0n) is 18.7. The summed E-state index contributed by atoms with van der Waals surface area (Å²) in [5, 5.41) is 5.29. The maximum Gasteiger partial charge on any atom is -1.00 e. The van der Waals surface area contributed by atoms with Crippen LogP contribution < -0.4 is 35.3 Å². The van der Waals surface area contributed by atoms with Crippen LogP contribution in [0.3, 0.4) is 0 Å². The van der Waals surface area contributed by atoms with Crippen molar-refractivity contribution in [1.82, 2.24) is 0 Å². The predicted octanol–water partition coefficient (Wildman–Crippen LogP) is -3.14. The van der Waals surface area contributed by atoms with E-state index in [2.05, 4.69) is 63.9 Å². The van der Waals surface area contributed by atoms with Crippen LogP contribution in [-0.2, 0) is 28.4 Å². The molecule has 0 N–H and O–H groups in total. The molecule has 8 heteroatoms. The van der Waals surface area contributed by atoms with Gasteiger partial charge in [-0.25, -0.2) is 0 Å². The van der Waals surface area contributed by atoms with Crippen molar-refractivity contribution in [2.45, 2.75) is 50.1 Å². The van der Waals surface area contributed by atoms with E-state index in [0.717, 1.165) is 12.2 Å². The average Bonchev–Trinajstić information content (AvgIpc) is 3.34. The molecule has 0 fully saturated rings. The smallest absolute Gasteiger partial charge is 1.00 e. The molecule has 0 amide bonds. The fourth-order valence-corrected chi connectivity index (χ4v) is 14.3. The van der Waals surface area contributed by atoms with Crippen LogP contribution in [-0.4, -0.2) is 38.3 Å². The van der Waals surface area contributed by atoms with Crippen LogP contribution in [0.1, 0.15) is 6.92 Å². The number of allylic oxidation sites excluding steroid dienone is 4. The zero-order valence-corrected chi connectivity index (χ0v) is 25.2. The standard InChI is InChI=1S/C14H9OSi.C8H21OSi2.2ClH.Ti/c1-7-8-4-2-3-5-9(8)12-10(7)6-11-14(16-11)13(12)15;1-10(2,3)8-7-9-11(4,5)6;;;/h2-5H,16H2,1H3;1,7-8H2,2-6H3;2*1H;/q;;;;+2/p-2. The Balaban J connectivity index is 0.00000160. The molecule has 0 unspecified atom stereocenters. The molecule has 0 bridgehead atoms. The van der Waals surface area contributed by atoms with Crippen molar-refractivity contribution in [3.05, 3.63) is 54.5 Å². The van der Waals surface area contributed by atoms with Gasteiger partial charge in [-0.3, -0.25) is 0 Å². The average molecular weight is 530 g/mol. The van der Waals surface area contributed by atoms with E-state index in [0.29, 0.717) is 5.78 Å². The van der Waals surface area contributed by atoms with Crippen molar-refractivity contribution in [3.8, 4) is 0 Å². The molecule has 2 nitrogen and oxygen atoms in total. The van der Waals surface area contributed by atoms with Gasteiger partial charge in [-0.2, -0.15) is 0 Å². The maximum atomic E-state index is 13.0. The summed E-state index contributed by atoms with van der Waals surface area (Å²) in [5.41, 5.74) is 3.77.